The first-order valence-electron chi connectivity index (χ1n) is 8.58. The molecule has 162 valence electrons. The number of carbonyl (C=O) groups excluding carboxylic acids is 3. The SMILES string of the molecule is CON(C)C(=O)CCC(NC(=O)OC(C)(C)C)(NC(=O)OC(C)(C)C)C(=O)O. The van der Waals surface area contributed by atoms with Gasteiger partial charge in [0.2, 0.25) is 11.6 Å². The van der Waals surface area contributed by atoms with Crippen molar-refractivity contribution in [3.63, 3.8) is 0 Å². The Morgan fingerprint density at radius 2 is 1.29 bits per heavy atom. The van der Waals surface area contributed by atoms with E-state index in [0.717, 1.165) is 5.06 Å². The van der Waals surface area contributed by atoms with Crippen molar-refractivity contribution in [3.05, 3.63) is 0 Å². The molecule has 0 rings (SSSR count). The summed E-state index contributed by atoms with van der Waals surface area (Å²) in [5.41, 5.74) is -4.16. The standard InChI is InChI=1S/C17H31N3O8/c1-15(2,3)27-13(24)18-17(12(22)23,10-9-11(21)20(7)26-8)19-14(25)28-16(4,5)6/h9-10H2,1-8H3,(H,18,24)(H,19,25)(H,22,23). The van der Waals surface area contributed by atoms with Crippen LogP contribution >= 0.6 is 0 Å². The second-order valence-electron chi connectivity index (χ2n) is 8.04. The number of nitrogens with one attached hydrogen (secondary N) is 2. The fraction of sp³-hybridized carbons (Fsp3) is 0.765. The minimum atomic E-state index is -2.34. The molecule has 3 N–H and O–H groups in total. The summed E-state index contributed by atoms with van der Waals surface area (Å²) >= 11 is 0. The number of hydrogen-bond donors (Lipinski definition) is 3. The summed E-state index contributed by atoms with van der Waals surface area (Å²) in [5.74, 6) is -2.16. The fourth-order valence-electron chi connectivity index (χ4n) is 1.88. The first-order chi connectivity index (χ1) is 12.5. The Labute approximate surface area is 164 Å². The topological polar surface area (TPSA) is 144 Å². The second kappa shape index (κ2) is 9.58. The van der Waals surface area contributed by atoms with Crippen LogP contribution in [0.4, 0.5) is 9.59 Å². The maximum Gasteiger partial charge on any atom is 0.409 e. The number of carbonyl (C=O) groups is 4. The Kier molecular flexibility index (Phi) is 8.70. The van der Waals surface area contributed by atoms with E-state index in [0.29, 0.717) is 0 Å². The lowest BCUT2D eigenvalue weighted by Gasteiger charge is -2.33. The summed E-state index contributed by atoms with van der Waals surface area (Å²) in [4.78, 5) is 53.1. The second-order valence-corrected chi connectivity index (χ2v) is 8.04. The maximum absolute atomic E-state index is 12.2. The molecule has 0 saturated carbocycles. The molecular formula is C17H31N3O8. The number of rotatable bonds is 7. The lowest BCUT2D eigenvalue weighted by molar-refractivity contribution is -0.169. The Morgan fingerprint density at radius 1 is 0.893 bits per heavy atom. The molecular weight excluding hydrogens is 374 g/mol. The number of carboxylic acids is 1. The van der Waals surface area contributed by atoms with Gasteiger partial charge < -0.3 is 14.6 Å². The van der Waals surface area contributed by atoms with Crippen LogP contribution in [0.25, 0.3) is 0 Å². The van der Waals surface area contributed by atoms with E-state index in [9.17, 15) is 24.3 Å². The van der Waals surface area contributed by atoms with Gasteiger partial charge in [-0.2, -0.15) is 0 Å². The summed E-state index contributed by atoms with van der Waals surface area (Å²) < 4.78 is 10.2. The highest BCUT2D eigenvalue weighted by molar-refractivity contribution is 5.89. The van der Waals surface area contributed by atoms with Gasteiger partial charge in [-0.05, 0) is 41.5 Å². The van der Waals surface area contributed by atoms with Crippen LogP contribution in [0.1, 0.15) is 54.4 Å². The van der Waals surface area contributed by atoms with Crippen LogP contribution < -0.4 is 10.6 Å². The largest absolute Gasteiger partial charge is 0.478 e. The number of amides is 3. The van der Waals surface area contributed by atoms with Gasteiger partial charge in [0.1, 0.15) is 11.2 Å². The highest BCUT2D eigenvalue weighted by Gasteiger charge is 2.44. The van der Waals surface area contributed by atoms with Crippen molar-refractivity contribution < 1.29 is 38.6 Å². The van der Waals surface area contributed by atoms with E-state index >= 15 is 0 Å². The van der Waals surface area contributed by atoms with E-state index in [1.54, 1.807) is 41.5 Å². The number of aliphatic carboxylic acids is 1. The minimum absolute atomic E-state index is 0.359. The van der Waals surface area contributed by atoms with Gasteiger partial charge in [-0.15, -0.1) is 0 Å². The third-order valence-electron chi connectivity index (χ3n) is 3.13. The molecule has 0 spiro atoms. The van der Waals surface area contributed by atoms with Crippen molar-refractivity contribution in [3.8, 4) is 0 Å². The molecule has 0 bridgehead atoms. The summed E-state index contributed by atoms with van der Waals surface area (Å²) in [6.45, 7) is 9.54. The first kappa shape index (κ1) is 25.4. The minimum Gasteiger partial charge on any atom is -0.478 e. The molecule has 11 heteroatoms. The van der Waals surface area contributed by atoms with Gasteiger partial charge in [0.25, 0.3) is 0 Å². The number of alkyl carbamates (subject to hydrolysis) is 2. The maximum atomic E-state index is 12.2. The van der Waals surface area contributed by atoms with Crippen LogP contribution in [0.5, 0.6) is 0 Å². The van der Waals surface area contributed by atoms with Gasteiger partial charge >= 0.3 is 18.2 Å². The number of nitrogens with zero attached hydrogens (tertiary/aromatic N) is 1. The van der Waals surface area contributed by atoms with E-state index in [-0.39, 0.29) is 6.42 Å². The molecule has 0 aromatic carbocycles. The van der Waals surface area contributed by atoms with Crippen LogP contribution in [0, 0.1) is 0 Å². The smallest absolute Gasteiger partial charge is 0.409 e. The predicted octanol–water partition coefficient (Wildman–Crippen LogP) is 1.62. The van der Waals surface area contributed by atoms with Crippen molar-refractivity contribution in [2.24, 2.45) is 0 Å². The summed E-state index contributed by atoms with van der Waals surface area (Å²) in [5, 5.41) is 14.9. The van der Waals surface area contributed by atoms with Crippen molar-refractivity contribution in [1.29, 1.82) is 0 Å². The van der Waals surface area contributed by atoms with Gasteiger partial charge in [-0.1, -0.05) is 0 Å². The lowest BCUT2D eigenvalue weighted by atomic mass is 10.0. The van der Waals surface area contributed by atoms with Crippen LogP contribution in [0.2, 0.25) is 0 Å². The molecule has 0 aromatic heterocycles. The van der Waals surface area contributed by atoms with Gasteiger partial charge in [-0.25, -0.2) is 19.4 Å². The van der Waals surface area contributed by atoms with Crippen molar-refractivity contribution >= 4 is 24.1 Å². The quantitative estimate of drug-likeness (QED) is 0.428. The molecule has 0 radical (unpaired) electrons. The number of hydroxylamine groups is 2. The van der Waals surface area contributed by atoms with E-state index < -0.39 is 47.3 Å². The Balaban J connectivity index is 5.65. The highest BCUT2D eigenvalue weighted by atomic mass is 16.7. The summed E-state index contributed by atoms with van der Waals surface area (Å²) in [6.07, 6.45) is -3.01. The van der Waals surface area contributed by atoms with E-state index in [2.05, 4.69) is 10.6 Å². The van der Waals surface area contributed by atoms with Gasteiger partial charge in [0.05, 0.1) is 7.11 Å². The van der Waals surface area contributed by atoms with Gasteiger partial charge in [0.15, 0.2) is 0 Å². The molecule has 0 aliphatic heterocycles. The van der Waals surface area contributed by atoms with Gasteiger partial charge in [0, 0.05) is 19.9 Å². The lowest BCUT2D eigenvalue weighted by Crippen LogP contribution is -2.66. The summed E-state index contributed by atoms with van der Waals surface area (Å²) in [6, 6.07) is 0. The van der Waals surface area contributed by atoms with E-state index in [4.69, 9.17) is 14.3 Å². The monoisotopic (exact) mass is 405 g/mol. The fourth-order valence-corrected chi connectivity index (χ4v) is 1.88. The third kappa shape index (κ3) is 9.40. The third-order valence-corrected chi connectivity index (χ3v) is 3.13. The molecule has 28 heavy (non-hydrogen) atoms. The average molecular weight is 405 g/mol. The Bertz CT molecular complexity index is 562. The van der Waals surface area contributed by atoms with Crippen LogP contribution in [0.15, 0.2) is 0 Å². The van der Waals surface area contributed by atoms with Crippen LogP contribution in [0.3, 0.4) is 0 Å². The van der Waals surface area contributed by atoms with Crippen LogP contribution in [-0.2, 0) is 23.9 Å². The molecule has 0 aromatic rings. The zero-order chi connectivity index (χ0) is 22.3. The van der Waals surface area contributed by atoms with Crippen molar-refractivity contribution in [2.45, 2.75) is 71.2 Å². The molecule has 11 nitrogen and oxygen atoms in total. The van der Waals surface area contributed by atoms with Gasteiger partial charge in [-0.3, -0.25) is 20.3 Å². The van der Waals surface area contributed by atoms with Crippen molar-refractivity contribution in [2.75, 3.05) is 14.2 Å². The number of ether oxygens (including phenoxy) is 2. The first-order valence-corrected chi connectivity index (χ1v) is 8.58. The van der Waals surface area contributed by atoms with E-state index in [1.807, 2.05) is 0 Å². The number of carboxylic acid groups (broad SMARTS) is 1. The molecule has 3 amide bonds. The Hall–Kier alpha value is -2.56. The normalized spacial score (nSPS) is 12.0. The highest BCUT2D eigenvalue weighted by Crippen LogP contribution is 2.16. The molecule has 0 atom stereocenters. The molecule has 0 aliphatic carbocycles. The molecule has 0 heterocycles. The Morgan fingerprint density at radius 3 is 1.57 bits per heavy atom. The molecule has 0 aliphatic rings. The molecule has 0 unspecified atom stereocenters. The number of hydrogen-bond acceptors (Lipinski definition) is 7. The van der Waals surface area contributed by atoms with Crippen molar-refractivity contribution in [1.82, 2.24) is 15.7 Å². The zero-order valence-electron chi connectivity index (χ0n) is 17.7. The molecule has 0 saturated heterocycles. The van der Waals surface area contributed by atoms with Crippen LogP contribution in [-0.4, -0.2) is 65.3 Å². The molecule has 0 fully saturated rings. The summed E-state index contributed by atoms with van der Waals surface area (Å²) in [7, 11) is 2.60. The zero-order valence-corrected chi connectivity index (χ0v) is 17.7. The average Bonchev–Trinajstić information content (AvgIpc) is 2.47. The van der Waals surface area contributed by atoms with E-state index in [1.165, 1.54) is 14.2 Å². The predicted molar refractivity (Wildman–Crippen MR) is 98.1 cm³/mol.